The lowest BCUT2D eigenvalue weighted by Gasteiger charge is -2.12. The number of hydrogen-bond donors (Lipinski definition) is 0. The van der Waals surface area contributed by atoms with Crippen molar-refractivity contribution in [2.75, 3.05) is 0 Å². The van der Waals surface area contributed by atoms with Gasteiger partial charge in [0.25, 0.3) is 0 Å². The molecule has 0 amide bonds. The monoisotopic (exact) mass is 459 g/mol. The smallest absolute Gasteiger partial charge is 0.207 e. The van der Waals surface area contributed by atoms with E-state index >= 15 is 0 Å². The minimum Gasteiger partial charge on any atom is -0.207 e. The minimum atomic E-state index is 0.820. The van der Waals surface area contributed by atoms with Crippen molar-refractivity contribution in [1.82, 2.24) is 0 Å². The largest absolute Gasteiger partial charge is 0.361 e. The maximum Gasteiger partial charge on any atom is 0.361 e. The molecule has 1 nitrogen and oxygen atoms in total. The van der Waals surface area contributed by atoms with Gasteiger partial charge in [-0.1, -0.05) is 103 Å². The van der Waals surface area contributed by atoms with E-state index in [4.69, 9.17) is 4.42 Å². The Kier molecular flexibility index (Phi) is 4.85. The van der Waals surface area contributed by atoms with E-state index in [0.717, 1.165) is 22.6 Å². The Morgan fingerprint density at radius 2 is 1.08 bits per heavy atom. The van der Waals surface area contributed by atoms with Crippen molar-refractivity contribution < 1.29 is 4.42 Å². The van der Waals surface area contributed by atoms with Gasteiger partial charge in [0, 0.05) is 11.6 Å². The second-order valence-electron chi connectivity index (χ2n) is 9.19. The molecule has 0 aliphatic rings. The molecule has 168 valence electrons. The third-order valence-corrected chi connectivity index (χ3v) is 6.97. The Balaban J connectivity index is 1.38. The average molecular weight is 460 g/mol. The van der Waals surface area contributed by atoms with Crippen molar-refractivity contribution in [2.45, 2.75) is 0 Å². The van der Waals surface area contributed by atoms with Gasteiger partial charge in [-0.15, -0.1) is 0 Å². The normalized spacial score (nSPS) is 11.8. The Hall–Kier alpha value is -4.75. The summed E-state index contributed by atoms with van der Waals surface area (Å²) in [6.45, 7) is 0. The summed E-state index contributed by atoms with van der Waals surface area (Å²) in [7, 11) is 0. The zero-order valence-electron chi connectivity index (χ0n) is 19.7. The maximum absolute atomic E-state index is 6.39. The fraction of sp³-hybridized carbons (Fsp3) is 0. The molecule has 0 aliphatic carbocycles. The van der Waals surface area contributed by atoms with Gasteiger partial charge in [-0.05, 0) is 61.7 Å². The highest BCUT2D eigenvalue weighted by atomic mass is 16.3. The van der Waals surface area contributed by atoms with Crippen molar-refractivity contribution in [1.29, 1.82) is 0 Å². The highest BCUT2D eigenvalue weighted by Gasteiger charge is 2.17. The quantitative estimate of drug-likeness (QED) is 0.188. The van der Waals surface area contributed by atoms with Gasteiger partial charge in [0.1, 0.15) is 0 Å². The molecule has 0 saturated heterocycles. The van der Waals surface area contributed by atoms with Crippen LogP contribution in [0.1, 0.15) is 11.3 Å². The average Bonchev–Trinajstić information content (AvgIpc) is 2.96. The first-order chi connectivity index (χ1) is 17.8. The van der Waals surface area contributed by atoms with E-state index in [0.29, 0.717) is 0 Å². The standard InChI is InChI=1S/C35H23O/c1-3-8-24(9-4-1)30-22-31(36-33(23-30)26-10-5-2-6-11-26)20-18-25-14-15-29-17-16-27-12-7-13-28-19-21-32(25)35(29)34(27)28/h1-23H/q+1/b20-18+. The van der Waals surface area contributed by atoms with Crippen LogP contribution in [0.5, 0.6) is 0 Å². The molecule has 0 atom stereocenters. The topological polar surface area (TPSA) is 11.3 Å². The van der Waals surface area contributed by atoms with E-state index in [1.54, 1.807) is 0 Å². The first-order valence-electron chi connectivity index (χ1n) is 12.3. The molecule has 6 aromatic carbocycles. The van der Waals surface area contributed by atoms with Gasteiger partial charge < -0.3 is 0 Å². The van der Waals surface area contributed by atoms with Gasteiger partial charge >= 0.3 is 11.5 Å². The molecule has 0 bridgehead atoms. The zero-order chi connectivity index (χ0) is 23.9. The molecule has 0 saturated carbocycles. The third kappa shape index (κ3) is 3.54. The lowest BCUT2D eigenvalue weighted by atomic mass is 9.92. The van der Waals surface area contributed by atoms with Crippen LogP contribution in [-0.2, 0) is 0 Å². The SMILES string of the molecule is C(=C\c1ccc2ccc3cccc4ccc1c2c34)/c1cc(-c2ccccc2)cc(-c2ccccc2)[o+]1. The second-order valence-corrected chi connectivity index (χ2v) is 9.19. The van der Waals surface area contributed by atoms with E-state index in [1.807, 2.05) is 24.3 Å². The molecule has 0 fully saturated rings. The van der Waals surface area contributed by atoms with Crippen LogP contribution in [0, 0.1) is 0 Å². The van der Waals surface area contributed by atoms with Crippen LogP contribution in [0.2, 0.25) is 0 Å². The van der Waals surface area contributed by atoms with Crippen molar-refractivity contribution in [3.05, 3.63) is 139 Å². The number of benzene rings is 6. The van der Waals surface area contributed by atoms with Crippen LogP contribution in [0.4, 0.5) is 0 Å². The lowest BCUT2D eigenvalue weighted by Crippen LogP contribution is -1.86. The molecule has 0 spiro atoms. The van der Waals surface area contributed by atoms with Crippen molar-refractivity contribution >= 4 is 44.5 Å². The lowest BCUT2D eigenvalue weighted by molar-refractivity contribution is 0.556. The van der Waals surface area contributed by atoms with Gasteiger partial charge in [-0.2, -0.15) is 0 Å². The van der Waals surface area contributed by atoms with Crippen LogP contribution >= 0.6 is 0 Å². The van der Waals surface area contributed by atoms with E-state index < -0.39 is 0 Å². The van der Waals surface area contributed by atoms with Gasteiger partial charge in [-0.25, -0.2) is 4.42 Å². The van der Waals surface area contributed by atoms with Crippen molar-refractivity contribution in [3.63, 3.8) is 0 Å². The first-order valence-corrected chi connectivity index (χ1v) is 12.3. The molecule has 0 unspecified atom stereocenters. The third-order valence-electron chi connectivity index (χ3n) is 6.97. The number of rotatable bonds is 4. The summed E-state index contributed by atoms with van der Waals surface area (Å²) >= 11 is 0. The van der Waals surface area contributed by atoms with Crippen LogP contribution in [0.25, 0.3) is 66.9 Å². The summed E-state index contributed by atoms with van der Waals surface area (Å²) in [5, 5.41) is 7.76. The van der Waals surface area contributed by atoms with Gasteiger partial charge in [-0.3, -0.25) is 0 Å². The fourth-order valence-corrected chi connectivity index (χ4v) is 5.22. The summed E-state index contributed by atoms with van der Waals surface area (Å²) in [5.74, 6) is 1.67. The molecule has 7 aromatic rings. The fourth-order valence-electron chi connectivity index (χ4n) is 5.22. The highest BCUT2D eigenvalue weighted by molar-refractivity contribution is 6.24. The Labute approximate surface area is 209 Å². The van der Waals surface area contributed by atoms with Crippen LogP contribution in [-0.4, -0.2) is 0 Å². The van der Waals surface area contributed by atoms with E-state index in [1.165, 1.54) is 43.4 Å². The molecule has 1 heteroatoms. The maximum atomic E-state index is 6.39. The molecule has 0 aliphatic heterocycles. The molecule has 0 N–H and O–H groups in total. The summed E-state index contributed by atoms with van der Waals surface area (Å²) in [4.78, 5) is 0. The Morgan fingerprint density at radius 3 is 1.83 bits per heavy atom. The van der Waals surface area contributed by atoms with E-state index in [2.05, 4.69) is 115 Å². The summed E-state index contributed by atoms with van der Waals surface area (Å²) < 4.78 is 6.39. The summed E-state index contributed by atoms with van der Waals surface area (Å²) in [6.07, 6.45) is 4.26. The molecule has 7 rings (SSSR count). The Morgan fingerprint density at radius 1 is 0.444 bits per heavy atom. The predicted octanol–water partition coefficient (Wildman–Crippen LogP) is 9.96. The van der Waals surface area contributed by atoms with Crippen LogP contribution in [0.15, 0.2) is 132 Å². The zero-order valence-corrected chi connectivity index (χ0v) is 19.7. The van der Waals surface area contributed by atoms with E-state index in [-0.39, 0.29) is 0 Å². The highest BCUT2D eigenvalue weighted by Crippen LogP contribution is 2.36. The van der Waals surface area contributed by atoms with Gasteiger partial charge in [0.05, 0.1) is 17.7 Å². The van der Waals surface area contributed by atoms with Gasteiger partial charge in [0.15, 0.2) is 0 Å². The molecular formula is C35H23O+. The van der Waals surface area contributed by atoms with Crippen LogP contribution < -0.4 is 0 Å². The molecule has 1 aromatic heterocycles. The molecule has 0 radical (unpaired) electrons. The molecule has 1 heterocycles. The Bertz CT molecular complexity index is 1790. The second kappa shape index (κ2) is 8.48. The molecule has 36 heavy (non-hydrogen) atoms. The van der Waals surface area contributed by atoms with Crippen molar-refractivity contribution in [3.8, 4) is 22.5 Å². The van der Waals surface area contributed by atoms with Gasteiger partial charge in [0.2, 0.25) is 0 Å². The minimum absolute atomic E-state index is 0.820. The predicted molar refractivity (Wildman–Crippen MR) is 153 cm³/mol. The van der Waals surface area contributed by atoms with Crippen molar-refractivity contribution in [2.24, 2.45) is 0 Å². The van der Waals surface area contributed by atoms with Crippen LogP contribution in [0.3, 0.4) is 0 Å². The number of hydrogen-bond acceptors (Lipinski definition) is 0. The first kappa shape index (κ1) is 20.6. The summed E-state index contributed by atoms with van der Waals surface area (Å²) in [6, 6.07) is 44.9. The molecular weight excluding hydrogens is 436 g/mol. The summed E-state index contributed by atoms with van der Waals surface area (Å²) in [5.41, 5.74) is 4.55. The van der Waals surface area contributed by atoms with E-state index in [9.17, 15) is 0 Å².